The van der Waals surface area contributed by atoms with Gasteiger partial charge in [-0.05, 0) is 55.7 Å². The standard InChI is InChI=1S/C16H21FN2O/c17-15-10-13(6-7-14(15)12-4-5-12)18-11-16(20)19-8-2-1-3-9-19/h6-7,10,12,18H,1-5,8-9,11H2. The molecule has 1 aliphatic heterocycles. The highest BCUT2D eigenvalue weighted by Crippen LogP contribution is 2.41. The lowest BCUT2D eigenvalue weighted by molar-refractivity contribution is -0.130. The molecule has 1 amide bonds. The summed E-state index contributed by atoms with van der Waals surface area (Å²) in [5.74, 6) is 0.373. The molecule has 2 aliphatic rings. The third-order valence-electron chi connectivity index (χ3n) is 4.17. The molecule has 1 aromatic rings. The molecular weight excluding hydrogens is 255 g/mol. The molecule has 4 heteroatoms. The number of nitrogens with zero attached hydrogens (tertiary/aromatic N) is 1. The summed E-state index contributed by atoms with van der Waals surface area (Å²) >= 11 is 0. The van der Waals surface area contributed by atoms with Crippen LogP contribution in [0, 0.1) is 5.82 Å². The van der Waals surface area contributed by atoms with E-state index >= 15 is 0 Å². The van der Waals surface area contributed by atoms with Crippen LogP contribution in [-0.2, 0) is 4.79 Å². The van der Waals surface area contributed by atoms with Crippen LogP contribution in [0.5, 0.6) is 0 Å². The van der Waals surface area contributed by atoms with Crippen LogP contribution >= 0.6 is 0 Å². The van der Waals surface area contributed by atoms with E-state index in [1.165, 1.54) is 12.5 Å². The Morgan fingerprint density at radius 3 is 2.65 bits per heavy atom. The Bertz CT molecular complexity index is 493. The average Bonchev–Trinajstić information content (AvgIpc) is 3.30. The molecule has 0 bridgehead atoms. The number of piperidine rings is 1. The molecule has 0 aromatic heterocycles. The molecule has 3 nitrogen and oxygen atoms in total. The fourth-order valence-corrected chi connectivity index (χ4v) is 2.80. The molecule has 0 spiro atoms. The second-order valence-corrected chi connectivity index (χ2v) is 5.81. The van der Waals surface area contributed by atoms with Crippen molar-refractivity contribution in [2.45, 2.75) is 38.0 Å². The van der Waals surface area contributed by atoms with E-state index in [2.05, 4.69) is 5.32 Å². The topological polar surface area (TPSA) is 32.3 Å². The van der Waals surface area contributed by atoms with Crippen LogP contribution in [0.3, 0.4) is 0 Å². The predicted molar refractivity (Wildman–Crippen MR) is 77.3 cm³/mol. The monoisotopic (exact) mass is 276 g/mol. The third-order valence-corrected chi connectivity index (χ3v) is 4.17. The van der Waals surface area contributed by atoms with Crippen LogP contribution in [0.25, 0.3) is 0 Å². The highest BCUT2D eigenvalue weighted by molar-refractivity contribution is 5.81. The minimum absolute atomic E-state index is 0.108. The first-order valence-corrected chi connectivity index (χ1v) is 7.55. The Labute approximate surface area is 119 Å². The highest BCUT2D eigenvalue weighted by Gasteiger charge is 2.26. The number of amides is 1. The molecule has 1 heterocycles. The molecule has 1 aliphatic carbocycles. The average molecular weight is 276 g/mol. The maximum Gasteiger partial charge on any atom is 0.241 e. The van der Waals surface area contributed by atoms with Gasteiger partial charge < -0.3 is 10.2 Å². The number of halogens is 1. The number of hydrogen-bond donors (Lipinski definition) is 1. The van der Waals surface area contributed by atoms with Crippen molar-refractivity contribution in [3.05, 3.63) is 29.6 Å². The van der Waals surface area contributed by atoms with Crippen molar-refractivity contribution < 1.29 is 9.18 Å². The molecule has 1 N–H and O–H groups in total. The van der Waals surface area contributed by atoms with Gasteiger partial charge in [-0.25, -0.2) is 4.39 Å². The molecule has 0 unspecified atom stereocenters. The van der Waals surface area contributed by atoms with Gasteiger partial charge in [-0.2, -0.15) is 0 Å². The third kappa shape index (κ3) is 3.11. The molecule has 1 aromatic carbocycles. The number of anilines is 1. The Balaban J connectivity index is 1.55. The number of benzene rings is 1. The summed E-state index contributed by atoms with van der Waals surface area (Å²) in [6.45, 7) is 1.97. The van der Waals surface area contributed by atoms with Crippen LogP contribution in [0.2, 0.25) is 0 Å². The zero-order chi connectivity index (χ0) is 13.9. The van der Waals surface area contributed by atoms with Crippen LogP contribution in [0.15, 0.2) is 18.2 Å². The summed E-state index contributed by atoms with van der Waals surface area (Å²) in [5.41, 5.74) is 1.51. The van der Waals surface area contributed by atoms with Gasteiger partial charge >= 0.3 is 0 Å². The summed E-state index contributed by atoms with van der Waals surface area (Å²) < 4.78 is 13.9. The Hall–Kier alpha value is -1.58. The fraction of sp³-hybridized carbons (Fsp3) is 0.562. The van der Waals surface area contributed by atoms with Gasteiger partial charge in [-0.15, -0.1) is 0 Å². The summed E-state index contributed by atoms with van der Waals surface area (Å²) in [5, 5.41) is 3.04. The summed E-state index contributed by atoms with van der Waals surface area (Å²) in [7, 11) is 0. The van der Waals surface area contributed by atoms with Crippen LogP contribution in [-0.4, -0.2) is 30.4 Å². The van der Waals surface area contributed by atoms with E-state index in [1.807, 2.05) is 17.0 Å². The second-order valence-electron chi connectivity index (χ2n) is 5.81. The van der Waals surface area contributed by atoms with Crippen LogP contribution in [0.4, 0.5) is 10.1 Å². The molecule has 0 radical (unpaired) electrons. The molecule has 3 rings (SSSR count). The van der Waals surface area contributed by atoms with Crippen molar-refractivity contribution in [3.8, 4) is 0 Å². The van der Waals surface area contributed by atoms with Gasteiger partial charge in [0.05, 0.1) is 6.54 Å². The molecular formula is C16H21FN2O. The molecule has 108 valence electrons. The van der Waals surface area contributed by atoms with Gasteiger partial charge in [0.2, 0.25) is 5.91 Å². The van der Waals surface area contributed by atoms with E-state index in [0.717, 1.165) is 44.3 Å². The van der Waals surface area contributed by atoms with Gasteiger partial charge in [-0.1, -0.05) is 6.07 Å². The van der Waals surface area contributed by atoms with E-state index < -0.39 is 0 Å². The van der Waals surface area contributed by atoms with E-state index in [4.69, 9.17) is 0 Å². The largest absolute Gasteiger partial charge is 0.376 e. The fourth-order valence-electron chi connectivity index (χ4n) is 2.80. The van der Waals surface area contributed by atoms with E-state index in [9.17, 15) is 9.18 Å². The first-order chi connectivity index (χ1) is 9.74. The van der Waals surface area contributed by atoms with Crippen molar-refractivity contribution in [2.75, 3.05) is 25.0 Å². The summed E-state index contributed by atoms with van der Waals surface area (Å²) in [6, 6.07) is 5.23. The number of carbonyl (C=O) groups is 1. The maximum atomic E-state index is 13.9. The predicted octanol–water partition coefficient (Wildman–Crippen LogP) is 3.13. The van der Waals surface area contributed by atoms with Crippen molar-refractivity contribution in [2.24, 2.45) is 0 Å². The Kier molecular flexibility index (Phi) is 3.90. The van der Waals surface area contributed by atoms with E-state index in [0.29, 0.717) is 11.6 Å². The lowest BCUT2D eigenvalue weighted by atomic mass is 10.1. The second kappa shape index (κ2) is 5.81. The van der Waals surface area contributed by atoms with Gasteiger partial charge in [0, 0.05) is 18.8 Å². The normalized spacial score (nSPS) is 18.9. The molecule has 1 saturated carbocycles. The van der Waals surface area contributed by atoms with Crippen molar-refractivity contribution in [3.63, 3.8) is 0 Å². The lowest BCUT2D eigenvalue weighted by Gasteiger charge is -2.26. The zero-order valence-electron chi connectivity index (χ0n) is 11.7. The molecule has 1 saturated heterocycles. The van der Waals surface area contributed by atoms with Gasteiger partial charge in [0.15, 0.2) is 0 Å². The number of hydrogen-bond acceptors (Lipinski definition) is 2. The first kappa shape index (κ1) is 13.4. The first-order valence-electron chi connectivity index (χ1n) is 7.55. The quantitative estimate of drug-likeness (QED) is 0.916. The van der Waals surface area contributed by atoms with Gasteiger partial charge in [0.25, 0.3) is 0 Å². The van der Waals surface area contributed by atoms with Gasteiger partial charge in [-0.3, -0.25) is 4.79 Å². The lowest BCUT2D eigenvalue weighted by Crippen LogP contribution is -2.39. The molecule has 2 fully saturated rings. The summed E-state index contributed by atoms with van der Waals surface area (Å²) in [4.78, 5) is 13.9. The number of carbonyl (C=O) groups excluding carboxylic acids is 1. The van der Waals surface area contributed by atoms with E-state index in [1.54, 1.807) is 0 Å². The Morgan fingerprint density at radius 1 is 1.25 bits per heavy atom. The molecule has 20 heavy (non-hydrogen) atoms. The minimum Gasteiger partial charge on any atom is -0.376 e. The summed E-state index contributed by atoms with van der Waals surface area (Å²) in [6.07, 6.45) is 5.59. The SMILES string of the molecule is O=C(CNc1ccc(C2CC2)c(F)c1)N1CCCCC1. The highest BCUT2D eigenvalue weighted by atomic mass is 19.1. The smallest absolute Gasteiger partial charge is 0.241 e. The molecule has 0 atom stereocenters. The number of likely N-dealkylation sites (tertiary alicyclic amines) is 1. The maximum absolute atomic E-state index is 13.9. The Morgan fingerprint density at radius 2 is 2.00 bits per heavy atom. The minimum atomic E-state index is -0.150. The van der Waals surface area contributed by atoms with Crippen molar-refractivity contribution in [1.29, 1.82) is 0 Å². The van der Waals surface area contributed by atoms with Crippen LogP contribution in [0.1, 0.15) is 43.6 Å². The number of rotatable bonds is 4. The van der Waals surface area contributed by atoms with Crippen molar-refractivity contribution in [1.82, 2.24) is 4.90 Å². The number of nitrogens with one attached hydrogen (secondary N) is 1. The van der Waals surface area contributed by atoms with Gasteiger partial charge in [0.1, 0.15) is 5.82 Å². The zero-order valence-corrected chi connectivity index (χ0v) is 11.7. The van der Waals surface area contributed by atoms with Crippen molar-refractivity contribution >= 4 is 11.6 Å². The van der Waals surface area contributed by atoms with E-state index in [-0.39, 0.29) is 18.3 Å². The van der Waals surface area contributed by atoms with Crippen LogP contribution < -0.4 is 5.32 Å².